The summed E-state index contributed by atoms with van der Waals surface area (Å²) in [6.45, 7) is 8.95. The summed E-state index contributed by atoms with van der Waals surface area (Å²) >= 11 is 0. The zero-order chi connectivity index (χ0) is 15.9. The monoisotopic (exact) mass is 307 g/mol. The SMILES string of the molecule is CC1(C)CCCN(c2ccc3n2CCN=C3c2ccccc2)C1. The molecule has 0 spiro atoms. The van der Waals surface area contributed by atoms with Crippen molar-refractivity contribution in [3.63, 3.8) is 0 Å². The van der Waals surface area contributed by atoms with Gasteiger partial charge in [-0.2, -0.15) is 0 Å². The molecule has 3 heterocycles. The van der Waals surface area contributed by atoms with Crippen molar-refractivity contribution in [3.8, 4) is 0 Å². The second-order valence-electron chi connectivity index (χ2n) is 7.51. The van der Waals surface area contributed by atoms with Crippen molar-refractivity contribution in [2.75, 3.05) is 24.5 Å². The average molecular weight is 307 g/mol. The summed E-state index contributed by atoms with van der Waals surface area (Å²) in [5.41, 5.74) is 4.03. The van der Waals surface area contributed by atoms with Crippen LogP contribution in [0, 0.1) is 5.41 Å². The Morgan fingerprint density at radius 3 is 2.61 bits per heavy atom. The van der Waals surface area contributed by atoms with Crippen LogP contribution in [0.25, 0.3) is 0 Å². The topological polar surface area (TPSA) is 20.5 Å². The standard InChI is InChI=1S/C20H25N3/c1-20(2)11-6-13-22(15-20)18-10-9-17-19(21-12-14-23(17)18)16-7-4-3-5-8-16/h3-5,7-10H,6,11-15H2,1-2H3. The number of fused-ring (bicyclic) bond motifs is 1. The maximum Gasteiger partial charge on any atom is 0.109 e. The Labute approximate surface area is 138 Å². The van der Waals surface area contributed by atoms with Crippen molar-refractivity contribution >= 4 is 11.5 Å². The van der Waals surface area contributed by atoms with Gasteiger partial charge in [0.1, 0.15) is 5.82 Å². The summed E-state index contributed by atoms with van der Waals surface area (Å²) in [5.74, 6) is 1.37. The molecule has 4 rings (SSSR count). The first-order chi connectivity index (χ1) is 11.1. The summed E-state index contributed by atoms with van der Waals surface area (Å²) in [6, 6.07) is 15.1. The van der Waals surface area contributed by atoms with E-state index in [0.29, 0.717) is 5.41 Å². The van der Waals surface area contributed by atoms with Crippen LogP contribution in [-0.4, -0.2) is 29.9 Å². The molecule has 1 aromatic carbocycles. The Balaban J connectivity index is 1.69. The van der Waals surface area contributed by atoms with Gasteiger partial charge in [0.25, 0.3) is 0 Å². The maximum absolute atomic E-state index is 4.81. The van der Waals surface area contributed by atoms with Crippen molar-refractivity contribution in [2.24, 2.45) is 10.4 Å². The molecular weight excluding hydrogens is 282 g/mol. The van der Waals surface area contributed by atoms with Gasteiger partial charge in [-0.1, -0.05) is 44.2 Å². The number of nitrogens with zero attached hydrogens (tertiary/aromatic N) is 3. The van der Waals surface area contributed by atoms with Crippen molar-refractivity contribution < 1.29 is 0 Å². The van der Waals surface area contributed by atoms with Gasteiger partial charge in [0.05, 0.1) is 18.0 Å². The summed E-state index contributed by atoms with van der Waals surface area (Å²) in [7, 11) is 0. The number of hydrogen-bond acceptors (Lipinski definition) is 2. The molecule has 0 aliphatic carbocycles. The van der Waals surface area contributed by atoms with Gasteiger partial charge < -0.3 is 9.47 Å². The molecule has 0 saturated carbocycles. The zero-order valence-electron chi connectivity index (χ0n) is 14.1. The zero-order valence-corrected chi connectivity index (χ0v) is 14.1. The molecule has 0 radical (unpaired) electrons. The summed E-state index contributed by atoms with van der Waals surface area (Å²) in [5, 5.41) is 0. The van der Waals surface area contributed by atoms with Crippen LogP contribution in [0.4, 0.5) is 5.82 Å². The lowest BCUT2D eigenvalue weighted by Crippen LogP contribution is -2.41. The molecule has 1 saturated heterocycles. The molecule has 3 nitrogen and oxygen atoms in total. The van der Waals surface area contributed by atoms with E-state index >= 15 is 0 Å². The molecule has 120 valence electrons. The van der Waals surface area contributed by atoms with Crippen molar-refractivity contribution in [3.05, 3.63) is 53.7 Å². The first kappa shape index (κ1) is 14.6. The lowest BCUT2D eigenvalue weighted by Gasteiger charge is -2.40. The van der Waals surface area contributed by atoms with Crippen LogP contribution in [-0.2, 0) is 6.54 Å². The number of hydrogen-bond donors (Lipinski definition) is 0. The van der Waals surface area contributed by atoms with Crippen LogP contribution in [0.2, 0.25) is 0 Å². The average Bonchev–Trinajstić information content (AvgIpc) is 2.99. The summed E-state index contributed by atoms with van der Waals surface area (Å²) in [6.07, 6.45) is 2.61. The van der Waals surface area contributed by atoms with E-state index in [-0.39, 0.29) is 0 Å². The molecule has 0 unspecified atom stereocenters. The van der Waals surface area contributed by atoms with Crippen LogP contribution >= 0.6 is 0 Å². The molecule has 3 heteroatoms. The third kappa shape index (κ3) is 2.69. The largest absolute Gasteiger partial charge is 0.357 e. The smallest absolute Gasteiger partial charge is 0.109 e. The number of aromatic nitrogens is 1. The first-order valence-electron chi connectivity index (χ1n) is 8.69. The third-order valence-corrected chi connectivity index (χ3v) is 5.07. The fourth-order valence-electron chi connectivity index (χ4n) is 3.97. The molecule has 0 amide bonds. The second-order valence-corrected chi connectivity index (χ2v) is 7.51. The number of anilines is 1. The number of benzene rings is 1. The third-order valence-electron chi connectivity index (χ3n) is 5.07. The molecule has 1 fully saturated rings. The van der Waals surface area contributed by atoms with Crippen LogP contribution in [0.1, 0.15) is 37.9 Å². The van der Waals surface area contributed by atoms with E-state index < -0.39 is 0 Å². The highest BCUT2D eigenvalue weighted by molar-refractivity contribution is 6.12. The highest BCUT2D eigenvalue weighted by atomic mass is 15.3. The van der Waals surface area contributed by atoms with Gasteiger partial charge in [-0.3, -0.25) is 4.99 Å². The lowest BCUT2D eigenvalue weighted by molar-refractivity contribution is 0.290. The van der Waals surface area contributed by atoms with Gasteiger partial charge in [0.2, 0.25) is 0 Å². The molecule has 2 aliphatic heterocycles. The first-order valence-corrected chi connectivity index (χ1v) is 8.69. The lowest BCUT2D eigenvalue weighted by atomic mass is 9.84. The molecule has 1 aromatic heterocycles. The van der Waals surface area contributed by atoms with Gasteiger partial charge in [-0.25, -0.2) is 0 Å². The fraction of sp³-hybridized carbons (Fsp3) is 0.450. The minimum Gasteiger partial charge on any atom is -0.357 e. The Bertz CT molecular complexity index is 725. The molecule has 0 N–H and O–H groups in total. The summed E-state index contributed by atoms with van der Waals surface area (Å²) in [4.78, 5) is 7.38. The Morgan fingerprint density at radius 2 is 1.83 bits per heavy atom. The Hall–Kier alpha value is -2.03. The number of rotatable bonds is 2. The van der Waals surface area contributed by atoms with Crippen LogP contribution < -0.4 is 4.90 Å². The number of piperidine rings is 1. The predicted molar refractivity (Wildman–Crippen MR) is 96.6 cm³/mol. The van der Waals surface area contributed by atoms with E-state index in [4.69, 9.17) is 4.99 Å². The van der Waals surface area contributed by atoms with Gasteiger partial charge in [0, 0.05) is 25.2 Å². The van der Waals surface area contributed by atoms with Crippen molar-refractivity contribution in [1.29, 1.82) is 0 Å². The Kier molecular flexibility index (Phi) is 3.51. The molecule has 2 aliphatic rings. The molecule has 23 heavy (non-hydrogen) atoms. The van der Waals surface area contributed by atoms with Gasteiger partial charge in [-0.15, -0.1) is 0 Å². The number of aliphatic imine (C=N–C) groups is 1. The molecule has 2 aromatic rings. The van der Waals surface area contributed by atoms with Gasteiger partial charge in [0.15, 0.2) is 0 Å². The predicted octanol–water partition coefficient (Wildman–Crippen LogP) is 3.97. The highest BCUT2D eigenvalue weighted by Gasteiger charge is 2.29. The summed E-state index contributed by atoms with van der Waals surface area (Å²) < 4.78 is 2.47. The van der Waals surface area contributed by atoms with E-state index in [9.17, 15) is 0 Å². The Morgan fingerprint density at radius 1 is 1.00 bits per heavy atom. The minimum atomic E-state index is 0.411. The fourth-order valence-corrected chi connectivity index (χ4v) is 3.97. The minimum absolute atomic E-state index is 0.411. The van der Waals surface area contributed by atoms with E-state index in [1.54, 1.807) is 0 Å². The maximum atomic E-state index is 4.81. The van der Waals surface area contributed by atoms with E-state index in [0.717, 1.165) is 25.3 Å². The second kappa shape index (κ2) is 5.55. The van der Waals surface area contributed by atoms with Crippen molar-refractivity contribution in [2.45, 2.75) is 33.2 Å². The van der Waals surface area contributed by atoms with Crippen LogP contribution in [0.15, 0.2) is 47.5 Å². The van der Waals surface area contributed by atoms with E-state index in [2.05, 4.69) is 65.8 Å². The van der Waals surface area contributed by atoms with E-state index in [1.165, 1.54) is 36.5 Å². The van der Waals surface area contributed by atoms with Gasteiger partial charge >= 0.3 is 0 Å². The normalized spacial score (nSPS) is 20.1. The van der Waals surface area contributed by atoms with Crippen LogP contribution in [0.3, 0.4) is 0 Å². The quantitative estimate of drug-likeness (QED) is 0.822. The van der Waals surface area contributed by atoms with E-state index in [1.807, 2.05) is 0 Å². The van der Waals surface area contributed by atoms with Crippen molar-refractivity contribution in [1.82, 2.24) is 4.57 Å². The molecule has 0 atom stereocenters. The van der Waals surface area contributed by atoms with Crippen LogP contribution in [0.5, 0.6) is 0 Å². The molecule has 0 bridgehead atoms. The molecular formula is C20H25N3. The highest BCUT2D eigenvalue weighted by Crippen LogP contribution is 2.33. The van der Waals surface area contributed by atoms with Gasteiger partial charge in [-0.05, 0) is 30.4 Å².